The molecular weight excluding hydrogens is 430 g/mol. The molecule has 1 saturated heterocycles. The SMILES string of the molecule is Cc1ccc(-c2cc(C(=O)N3CCN(CC=Cc4ccccc4)CC3)c3ccccc3n2)cc1C. The molecule has 0 unspecified atom stereocenters. The van der Waals surface area contributed by atoms with Crippen molar-refractivity contribution >= 4 is 22.9 Å². The van der Waals surface area contributed by atoms with E-state index in [1.165, 1.54) is 16.7 Å². The second-order valence-electron chi connectivity index (χ2n) is 9.28. The third kappa shape index (κ3) is 5.18. The van der Waals surface area contributed by atoms with Crippen LogP contribution in [0.3, 0.4) is 0 Å². The van der Waals surface area contributed by atoms with Crippen LogP contribution < -0.4 is 0 Å². The zero-order valence-electron chi connectivity index (χ0n) is 20.4. The number of hydrogen-bond acceptors (Lipinski definition) is 3. The van der Waals surface area contributed by atoms with Crippen LogP contribution in [0.15, 0.2) is 84.9 Å². The van der Waals surface area contributed by atoms with Crippen LogP contribution in [-0.2, 0) is 0 Å². The first-order valence-corrected chi connectivity index (χ1v) is 12.3. The number of piperazine rings is 1. The van der Waals surface area contributed by atoms with Crippen molar-refractivity contribution in [3.63, 3.8) is 0 Å². The summed E-state index contributed by atoms with van der Waals surface area (Å²) in [6, 6.07) is 26.7. The van der Waals surface area contributed by atoms with Crippen molar-refractivity contribution in [1.29, 1.82) is 0 Å². The number of para-hydroxylation sites is 1. The number of nitrogens with zero attached hydrogens (tertiary/aromatic N) is 3. The maximum atomic E-state index is 13.7. The lowest BCUT2D eigenvalue weighted by atomic mass is 10.00. The van der Waals surface area contributed by atoms with Crippen LogP contribution in [0.2, 0.25) is 0 Å². The van der Waals surface area contributed by atoms with Gasteiger partial charge in [-0.1, -0.05) is 72.8 Å². The molecule has 0 saturated carbocycles. The van der Waals surface area contributed by atoms with Crippen LogP contribution in [-0.4, -0.2) is 53.4 Å². The predicted octanol–water partition coefficient (Wildman–Crippen LogP) is 5.99. The number of pyridine rings is 1. The van der Waals surface area contributed by atoms with Crippen molar-refractivity contribution in [2.45, 2.75) is 13.8 Å². The summed E-state index contributed by atoms with van der Waals surface area (Å²) in [5.74, 6) is 0.0909. The van der Waals surface area contributed by atoms with E-state index in [-0.39, 0.29) is 5.91 Å². The van der Waals surface area contributed by atoms with Crippen molar-refractivity contribution in [2.75, 3.05) is 32.7 Å². The number of amides is 1. The monoisotopic (exact) mass is 461 g/mol. The van der Waals surface area contributed by atoms with E-state index in [4.69, 9.17) is 4.98 Å². The molecule has 0 bridgehead atoms. The molecule has 176 valence electrons. The number of fused-ring (bicyclic) bond motifs is 1. The first-order valence-electron chi connectivity index (χ1n) is 12.3. The highest BCUT2D eigenvalue weighted by atomic mass is 16.2. The topological polar surface area (TPSA) is 36.4 Å². The summed E-state index contributed by atoms with van der Waals surface area (Å²) < 4.78 is 0. The number of rotatable bonds is 5. The van der Waals surface area contributed by atoms with Crippen LogP contribution in [0.4, 0.5) is 0 Å². The van der Waals surface area contributed by atoms with E-state index in [9.17, 15) is 4.79 Å². The molecule has 0 spiro atoms. The van der Waals surface area contributed by atoms with E-state index in [2.05, 4.69) is 73.4 Å². The van der Waals surface area contributed by atoms with Gasteiger partial charge in [0.2, 0.25) is 0 Å². The van der Waals surface area contributed by atoms with Crippen molar-refractivity contribution < 1.29 is 4.79 Å². The quantitative estimate of drug-likeness (QED) is 0.366. The fourth-order valence-corrected chi connectivity index (χ4v) is 4.61. The normalized spacial score (nSPS) is 14.6. The molecule has 0 atom stereocenters. The highest BCUT2D eigenvalue weighted by molar-refractivity contribution is 6.07. The van der Waals surface area contributed by atoms with Gasteiger partial charge in [-0.2, -0.15) is 0 Å². The first kappa shape index (κ1) is 23.0. The summed E-state index contributed by atoms with van der Waals surface area (Å²) in [6.07, 6.45) is 4.37. The largest absolute Gasteiger partial charge is 0.336 e. The molecule has 4 heteroatoms. The van der Waals surface area contributed by atoms with Crippen LogP contribution in [0, 0.1) is 13.8 Å². The maximum absolute atomic E-state index is 13.7. The smallest absolute Gasteiger partial charge is 0.254 e. The highest BCUT2D eigenvalue weighted by Crippen LogP contribution is 2.27. The maximum Gasteiger partial charge on any atom is 0.254 e. The predicted molar refractivity (Wildman–Crippen MR) is 144 cm³/mol. The van der Waals surface area contributed by atoms with Gasteiger partial charge >= 0.3 is 0 Å². The molecule has 1 aliphatic heterocycles. The van der Waals surface area contributed by atoms with Crippen molar-refractivity contribution in [3.8, 4) is 11.3 Å². The van der Waals surface area contributed by atoms with Crippen molar-refractivity contribution in [1.82, 2.24) is 14.8 Å². The Morgan fingerprint density at radius 3 is 2.37 bits per heavy atom. The van der Waals surface area contributed by atoms with Gasteiger partial charge in [0.1, 0.15) is 0 Å². The molecule has 4 nitrogen and oxygen atoms in total. The molecule has 1 aromatic heterocycles. The second-order valence-corrected chi connectivity index (χ2v) is 9.28. The molecule has 1 fully saturated rings. The summed E-state index contributed by atoms with van der Waals surface area (Å²) in [5.41, 5.74) is 7.18. The minimum absolute atomic E-state index is 0.0909. The van der Waals surface area contributed by atoms with Gasteiger partial charge in [0, 0.05) is 43.7 Å². The second kappa shape index (κ2) is 10.2. The number of benzene rings is 3. The average molecular weight is 462 g/mol. The lowest BCUT2D eigenvalue weighted by molar-refractivity contribution is 0.0652. The van der Waals surface area contributed by atoms with Gasteiger partial charge in [0.15, 0.2) is 0 Å². The van der Waals surface area contributed by atoms with Gasteiger partial charge in [0.05, 0.1) is 16.8 Å². The molecule has 35 heavy (non-hydrogen) atoms. The number of aromatic nitrogens is 1. The molecule has 0 N–H and O–H groups in total. The summed E-state index contributed by atoms with van der Waals surface area (Å²) in [4.78, 5) is 23.0. The zero-order valence-corrected chi connectivity index (χ0v) is 20.4. The Labute approximate surface area is 207 Å². The lowest BCUT2D eigenvalue weighted by Gasteiger charge is -2.34. The molecule has 0 aliphatic carbocycles. The molecule has 4 aromatic rings. The molecule has 2 heterocycles. The van der Waals surface area contributed by atoms with E-state index in [1.54, 1.807) is 0 Å². The van der Waals surface area contributed by atoms with E-state index >= 15 is 0 Å². The van der Waals surface area contributed by atoms with Gasteiger partial charge in [-0.25, -0.2) is 4.98 Å². The summed E-state index contributed by atoms with van der Waals surface area (Å²) in [7, 11) is 0. The fraction of sp³-hybridized carbons (Fsp3) is 0.226. The minimum Gasteiger partial charge on any atom is -0.336 e. The van der Waals surface area contributed by atoms with Crippen LogP contribution in [0.5, 0.6) is 0 Å². The zero-order chi connectivity index (χ0) is 24.2. The fourth-order valence-electron chi connectivity index (χ4n) is 4.61. The number of aryl methyl sites for hydroxylation is 2. The molecule has 1 aliphatic rings. The van der Waals surface area contributed by atoms with Crippen LogP contribution >= 0.6 is 0 Å². The lowest BCUT2D eigenvalue weighted by Crippen LogP contribution is -2.48. The van der Waals surface area contributed by atoms with Gasteiger partial charge in [-0.05, 0) is 48.7 Å². The number of hydrogen-bond donors (Lipinski definition) is 0. The first-order chi connectivity index (χ1) is 17.1. The average Bonchev–Trinajstić information content (AvgIpc) is 2.90. The van der Waals surface area contributed by atoms with E-state index in [0.29, 0.717) is 0 Å². The summed E-state index contributed by atoms with van der Waals surface area (Å²) >= 11 is 0. The Morgan fingerprint density at radius 2 is 1.60 bits per heavy atom. The van der Waals surface area contributed by atoms with Crippen LogP contribution in [0.25, 0.3) is 28.2 Å². The molecular formula is C31H31N3O. The van der Waals surface area contributed by atoms with Gasteiger partial charge in [-0.3, -0.25) is 9.69 Å². The third-order valence-electron chi connectivity index (χ3n) is 6.88. The Morgan fingerprint density at radius 1 is 0.857 bits per heavy atom. The number of carbonyl (C=O) groups excluding carboxylic acids is 1. The van der Waals surface area contributed by atoms with Crippen molar-refractivity contribution in [2.24, 2.45) is 0 Å². The van der Waals surface area contributed by atoms with Gasteiger partial charge in [-0.15, -0.1) is 0 Å². The standard InChI is InChI=1S/C31H31N3O/c1-23-14-15-26(21-24(23)2)30-22-28(27-12-6-7-13-29(27)32-30)31(35)34-19-17-33(18-20-34)16-8-11-25-9-4-3-5-10-25/h3-15,21-22H,16-20H2,1-2H3. The summed E-state index contributed by atoms with van der Waals surface area (Å²) in [5, 5.41) is 0.915. The summed E-state index contributed by atoms with van der Waals surface area (Å²) in [6.45, 7) is 8.32. The molecule has 0 radical (unpaired) electrons. The number of carbonyl (C=O) groups is 1. The Balaban J connectivity index is 1.33. The Hall–Kier alpha value is -3.76. The van der Waals surface area contributed by atoms with Crippen molar-refractivity contribution in [3.05, 3.63) is 107 Å². The molecule has 5 rings (SSSR count). The Bertz CT molecular complexity index is 1370. The van der Waals surface area contributed by atoms with E-state index in [0.717, 1.165) is 60.4 Å². The van der Waals surface area contributed by atoms with Crippen LogP contribution in [0.1, 0.15) is 27.0 Å². The molecule has 1 amide bonds. The Kier molecular flexibility index (Phi) is 6.73. The minimum atomic E-state index is 0.0909. The van der Waals surface area contributed by atoms with E-state index < -0.39 is 0 Å². The van der Waals surface area contributed by atoms with Gasteiger partial charge < -0.3 is 4.90 Å². The highest BCUT2D eigenvalue weighted by Gasteiger charge is 2.24. The van der Waals surface area contributed by atoms with Gasteiger partial charge in [0.25, 0.3) is 5.91 Å². The third-order valence-corrected chi connectivity index (χ3v) is 6.88. The van der Waals surface area contributed by atoms with E-state index in [1.807, 2.05) is 41.3 Å². The molecule has 3 aromatic carbocycles.